The topological polar surface area (TPSA) is 12.0 Å². The van der Waals surface area contributed by atoms with Crippen LogP contribution in [0.2, 0.25) is 0 Å². The SMILES string of the molecule is CCCCCC(CCCCC)N[C@H](C)c1cccc(Br)c1. The van der Waals surface area contributed by atoms with E-state index in [1.54, 1.807) is 0 Å². The maximum atomic E-state index is 3.86. The monoisotopic (exact) mass is 353 g/mol. The molecular formula is C19H32BrN. The minimum absolute atomic E-state index is 0.427. The fourth-order valence-corrected chi connectivity index (χ4v) is 3.24. The van der Waals surface area contributed by atoms with Gasteiger partial charge in [0.25, 0.3) is 0 Å². The van der Waals surface area contributed by atoms with Crippen LogP contribution in [0.25, 0.3) is 0 Å². The predicted molar refractivity (Wildman–Crippen MR) is 97.8 cm³/mol. The molecule has 0 saturated carbocycles. The zero-order chi connectivity index (χ0) is 15.5. The van der Waals surface area contributed by atoms with Gasteiger partial charge < -0.3 is 5.32 Å². The number of unbranched alkanes of at least 4 members (excludes halogenated alkanes) is 4. The molecule has 2 heteroatoms. The van der Waals surface area contributed by atoms with Gasteiger partial charge in [-0.2, -0.15) is 0 Å². The predicted octanol–water partition coefficient (Wildman–Crippen LogP) is 6.63. The van der Waals surface area contributed by atoms with E-state index in [2.05, 4.69) is 66.3 Å². The zero-order valence-corrected chi connectivity index (χ0v) is 15.6. The highest BCUT2D eigenvalue weighted by Crippen LogP contribution is 2.20. The van der Waals surface area contributed by atoms with Gasteiger partial charge in [-0.15, -0.1) is 0 Å². The van der Waals surface area contributed by atoms with Crippen LogP contribution < -0.4 is 5.32 Å². The lowest BCUT2D eigenvalue weighted by atomic mass is 9.99. The molecule has 0 aliphatic heterocycles. The Morgan fingerprint density at radius 1 is 1.00 bits per heavy atom. The summed E-state index contributed by atoms with van der Waals surface area (Å²) in [4.78, 5) is 0. The van der Waals surface area contributed by atoms with Crippen molar-refractivity contribution in [1.82, 2.24) is 5.32 Å². The first-order chi connectivity index (χ1) is 10.2. The number of halogens is 1. The summed E-state index contributed by atoms with van der Waals surface area (Å²) in [5.74, 6) is 0. The smallest absolute Gasteiger partial charge is 0.0294 e. The van der Waals surface area contributed by atoms with Crippen LogP contribution in [0.3, 0.4) is 0 Å². The van der Waals surface area contributed by atoms with Crippen LogP contribution in [-0.4, -0.2) is 6.04 Å². The summed E-state index contributed by atoms with van der Waals surface area (Å²) >= 11 is 3.57. The summed E-state index contributed by atoms with van der Waals surface area (Å²) in [5.41, 5.74) is 1.38. The summed E-state index contributed by atoms with van der Waals surface area (Å²) in [6, 6.07) is 9.76. The second-order valence-corrected chi connectivity index (χ2v) is 7.05. The molecule has 0 aliphatic rings. The van der Waals surface area contributed by atoms with Gasteiger partial charge >= 0.3 is 0 Å². The Hall–Kier alpha value is -0.340. The maximum absolute atomic E-state index is 3.86. The Balaban J connectivity index is 2.52. The number of rotatable bonds is 11. The molecule has 1 rings (SSSR count). The van der Waals surface area contributed by atoms with E-state index in [9.17, 15) is 0 Å². The average molecular weight is 354 g/mol. The third kappa shape index (κ3) is 8.01. The van der Waals surface area contributed by atoms with Crippen LogP contribution in [0.4, 0.5) is 0 Å². The molecule has 0 unspecified atom stereocenters. The van der Waals surface area contributed by atoms with Crippen molar-refractivity contribution in [3.63, 3.8) is 0 Å². The fraction of sp³-hybridized carbons (Fsp3) is 0.684. The Morgan fingerprint density at radius 3 is 2.14 bits per heavy atom. The standard InChI is InChI=1S/C19H32BrN/c1-4-6-8-13-19(14-9-7-5-2)21-16(3)17-11-10-12-18(20)15-17/h10-12,15-16,19,21H,4-9,13-14H2,1-3H3/t16-/m1/s1. The van der Waals surface area contributed by atoms with Gasteiger partial charge in [-0.1, -0.05) is 80.4 Å². The largest absolute Gasteiger partial charge is 0.307 e. The van der Waals surface area contributed by atoms with Crippen LogP contribution >= 0.6 is 15.9 Å². The minimum atomic E-state index is 0.427. The average Bonchev–Trinajstić information content (AvgIpc) is 2.47. The molecule has 120 valence electrons. The normalized spacial score (nSPS) is 12.8. The molecule has 0 amide bonds. The molecular weight excluding hydrogens is 322 g/mol. The molecule has 0 aromatic heterocycles. The first-order valence-corrected chi connectivity index (χ1v) is 9.48. The summed E-state index contributed by atoms with van der Waals surface area (Å²) in [5, 5.41) is 3.86. The minimum Gasteiger partial charge on any atom is -0.307 e. The van der Waals surface area contributed by atoms with E-state index in [1.165, 1.54) is 61.4 Å². The molecule has 0 spiro atoms. The molecule has 0 fully saturated rings. The van der Waals surface area contributed by atoms with Crippen LogP contribution in [0.1, 0.15) is 83.7 Å². The highest BCUT2D eigenvalue weighted by molar-refractivity contribution is 9.10. The van der Waals surface area contributed by atoms with Crippen LogP contribution in [0, 0.1) is 0 Å². The molecule has 1 atom stereocenters. The Morgan fingerprint density at radius 2 is 1.62 bits per heavy atom. The molecule has 0 heterocycles. The molecule has 1 aromatic carbocycles. The molecule has 0 bridgehead atoms. The zero-order valence-electron chi connectivity index (χ0n) is 14.0. The van der Waals surface area contributed by atoms with E-state index in [4.69, 9.17) is 0 Å². The number of nitrogens with one attached hydrogen (secondary N) is 1. The van der Waals surface area contributed by atoms with Crippen molar-refractivity contribution in [2.75, 3.05) is 0 Å². The summed E-state index contributed by atoms with van der Waals surface area (Å²) < 4.78 is 1.17. The van der Waals surface area contributed by atoms with Crippen molar-refractivity contribution in [3.8, 4) is 0 Å². The van der Waals surface area contributed by atoms with E-state index in [0.717, 1.165) is 0 Å². The van der Waals surface area contributed by atoms with E-state index in [-0.39, 0.29) is 0 Å². The highest BCUT2D eigenvalue weighted by atomic mass is 79.9. The van der Waals surface area contributed by atoms with Gasteiger partial charge in [0.2, 0.25) is 0 Å². The van der Waals surface area contributed by atoms with Crippen LogP contribution in [0.5, 0.6) is 0 Å². The quantitative estimate of drug-likeness (QED) is 0.440. The lowest BCUT2D eigenvalue weighted by Crippen LogP contribution is -2.31. The molecule has 0 aliphatic carbocycles. The van der Waals surface area contributed by atoms with Crippen molar-refractivity contribution in [2.24, 2.45) is 0 Å². The van der Waals surface area contributed by atoms with E-state index in [1.807, 2.05) is 0 Å². The molecule has 21 heavy (non-hydrogen) atoms. The van der Waals surface area contributed by atoms with Gasteiger partial charge in [0.15, 0.2) is 0 Å². The molecule has 1 nitrogen and oxygen atoms in total. The Kier molecular flexibility index (Phi) is 10.0. The maximum Gasteiger partial charge on any atom is 0.0294 e. The van der Waals surface area contributed by atoms with Crippen LogP contribution in [-0.2, 0) is 0 Å². The Bertz CT molecular complexity index is 368. The van der Waals surface area contributed by atoms with Gasteiger partial charge in [-0.25, -0.2) is 0 Å². The molecule has 1 N–H and O–H groups in total. The van der Waals surface area contributed by atoms with E-state index >= 15 is 0 Å². The van der Waals surface area contributed by atoms with Crippen molar-refractivity contribution in [1.29, 1.82) is 0 Å². The van der Waals surface area contributed by atoms with Crippen molar-refractivity contribution in [3.05, 3.63) is 34.3 Å². The summed E-state index contributed by atoms with van der Waals surface area (Å²) in [6.45, 7) is 6.85. The first kappa shape index (κ1) is 18.7. The Labute approximate surface area is 140 Å². The van der Waals surface area contributed by atoms with Gasteiger partial charge in [0, 0.05) is 16.6 Å². The van der Waals surface area contributed by atoms with Crippen LogP contribution in [0.15, 0.2) is 28.7 Å². The first-order valence-electron chi connectivity index (χ1n) is 8.68. The second kappa shape index (κ2) is 11.3. The van der Waals surface area contributed by atoms with Gasteiger partial charge in [-0.05, 0) is 37.5 Å². The molecule has 0 saturated heterocycles. The molecule has 0 radical (unpaired) electrons. The summed E-state index contributed by atoms with van der Waals surface area (Å²) in [6.07, 6.45) is 10.7. The van der Waals surface area contributed by atoms with E-state index in [0.29, 0.717) is 12.1 Å². The molecule has 1 aromatic rings. The van der Waals surface area contributed by atoms with Crippen molar-refractivity contribution < 1.29 is 0 Å². The number of hydrogen-bond donors (Lipinski definition) is 1. The number of hydrogen-bond acceptors (Lipinski definition) is 1. The lowest BCUT2D eigenvalue weighted by molar-refractivity contribution is 0.384. The fourth-order valence-electron chi connectivity index (χ4n) is 2.82. The summed E-state index contributed by atoms with van der Waals surface area (Å²) in [7, 11) is 0. The van der Waals surface area contributed by atoms with Crippen molar-refractivity contribution in [2.45, 2.75) is 84.2 Å². The van der Waals surface area contributed by atoms with Crippen molar-refractivity contribution >= 4 is 15.9 Å². The van der Waals surface area contributed by atoms with Gasteiger partial charge in [0.1, 0.15) is 0 Å². The third-order valence-corrected chi connectivity index (χ3v) is 4.64. The lowest BCUT2D eigenvalue weighted by Gasteiger charge is -2.24. The third-order valence-electron chi connectivity index (χ3n) is 4.15. The highest BCUT2D eigenvalue weighted by Gasteiger charge is 2.13. The second-order valence-electron chi connectivity index (χ2n) is 6.13. The van der Waals surface area contributed by atoms with Gasteiger partial charge in [0.05, 0.1) is 0 Å². The van der Waals surface area contributed by atoms with Gasteiger partial charge in [-0.3, -0.25) is 0 Å². The van der Waals surface area contributed by atoms with E-state index < -0.39 is 0 Å². The number of benzene rings is 1.